The van der Waals surface area contributed by atoms with Gasteiger partial charge in [-0.1, -0.05) is 12.1 Å². The molecule has 0 saturated heterocycles. The summed E-state index contributed by atoms with van der Waals surface area (Å²) in [5.41, 5.74) is 7.89. The molecule has 0 radical (unpaired) electrons. The number of benzene rings is 1. The smallest absolute Gasteiger partial charge is 0.133 e. The molecular weight excluding hydrogens is 243 g/mol. The first-order valence-electron chi connectivity index (χ1n) is 5.84. The van der Waals surface area contributed by atoms with Crippen molar-refractivity contribution in [2.75, 3.05) is 24.7 Å². The fraction of sp³-hybridized carbons (Fsp3) is 0.214. The molecule has 1 aromatic carbocycles. The predicted molar refractivity (Wildman–Crippen MR) is 73.4 cm³/mol. The standard InChI is InChI=1S/C14H15FN4/c1-18(2)14-13(17)7-12(8-16)19(14)9-10-3-5-11(15)6-4-10/h3-7H,9,17H2,1-2H3. The molecule has 0 aliphatic heterocycles. The van der Waals surface area contributed by atoms with Crippen molar-refractivity contribution in [1.82, 2.24) is 4.57 Å². The van der Waals surface area contributed by atoms with Crippen molar-refractivity contribution in [3.63, 3.8) is 0 Å². The van der Waals surface area contributed by atoms with E-state index in [1.165, 1.54) is 12.1 Å². The molecule has 98 valence electrons. The predicted octanol–water partition coefficient (Wildman–Crippen LogP) is 2.20. The monoisotopic (exact) mass is 258 g/mol. The number of nitrogen functional groups attached to an aromatic ring is 1. The van der Waals surface area contributed by atoms with Crippen LogP contribution in [0.2, 0.25) is 0 Å². The van der Waals surface area contributed by atoms with E-state index in [4.69, 9.17) is 11.0 Å². The average molecular weight is 258 g/mol. The van der Waals surface area contributed by atoms with Crippen LogP contribution in [0.15, 0.2) is 30.3 Å². The number of aromatic nitrogens is 1. The zero-order valence-electron chi connectivity index (χ0n) is 10.9. The Morgan fingerprint density at radius 1 is 1.32 bits per heavy atom. The van der Waals surface area contributed by atoms with Gasteiger partial charge in [0, 0.05) is 14.1 Å². The lowest BCUT2D eigenvalue weighted by Gasteiger charge is -2.18. The Morgan fingerprint density at radius 3 is 2.47 bits per heavy atom. The molecule has 0 aliphatic carbocycles. The van der Waals surface area contributed by atoms with Crippen molar-refractivity contribution in [3.8, 4) is 6.07 Å². The molecule has 2 N–H and O–H groups in total. The summed E-state index contributed by atoms with van der Waals surface area (Å²) in [6.45, 7) is 0.480. The number of anilines is 2. The first-order valence-corrected chi connectivity index (χ1v) is 5.84. The third-order valence-electron chi connectivity index (χ3n) is 2.89. The van der Waals surface area contributed by atoms with Crippen LogP contribution in [0, 0.1) is 17.1 Å². The van der Waals surface area contributed by atoms with Crippen LogP contribution in [0.25, 0.3) is 0 Å². The van der Waals surface area contributed by atoms with Gasteiger partial charge in [-0.15, -0.1) is 0 Å². The summed E-state index contributed by atoms with van der Waals surface area (Å²) in [5.74, 6) is 0.505. The third kappa shape index (κ3) is 2.52. The molecule has 0 amide bonds. The van der Waals surface area contributed by atoms with Crippen LogP contribution in [0.5, 0.6) is 0 Å². The molecule has 0 saturated carbocycles. The van der Waals surface area contributed by atoms with Gasteiger partial charge in [0.05, 0.1) is 12.2 Å². The molecule has 1 aromatic heterocycles. The maximum absolute atomic E-state index is 12.9. The Kier molecular flexibility index (Phi) is 3.43. The number of nitrogens with two attached hydrogens (primary N) is 1. The number of halogens is 1. The van der Waals surface area contributed by atoms with Crippen LogP contribution >= 0.6 is 0 Å². The van der Waals surface area contributed by atoms with E-state index in [9.17, 15) is 4.39 Å². The molecule has 2 rings (SSSR count). The molecule has 0 atom stereocenters. The molecule has 0 spiro atoms. The highest BCUT2D eigenvalue weighted by Gasteiger charge is 2.14. The van der Waals surface area contributed by atoms with Gasteiger partial charge < -0.3 is 15.2 Å². The van der Waals surface area contributed by atoms with Gasteiger partial charge in [0.1, 0.15) is 23.4 Å². The number of rotatable bonds is 3. The van der Waals surface area contributed by atoms with Crippen molar-refractivity contribution in [2.24, 2.45) is 0 Å². The van der Waals surface area contributed by atoms with E-state index in [0.717, 1.165) is 11.4 Å². The topological polar surface area (TPSA) is 58.0 Å². The fourth-order valence-electron chi connectivity index (χ4n) is 2.08. The maximum atomic E-state index is 12.9. The van der Waals surface area contributed by atoms with E-state index < -0.39 is 0 Å². The number of nitrogens with zero attached hydrogens (tertiary/aromatic N) is 3. The lowest BCUT2D eigenvalue weighted by Crippen LogP contribution is -2.17. The lowest BCUT2D eigenvalue weighted by atomic mass is 10.2. The summed E-state index contributed by atoms with van der Waals surface area (Å²) in [5, 5.41) is 9.16. The van der Waals surface area contributed by atoms with E-state index in [1.807, 2.05) is 23.6 Å². The van der Waals surface area contributed by atoms with Crippen LogP contribution < -0.4 is 10.6 Å². The zero-order chi connectivity index (χ0) is 14.0. The quantitative estimate of drug-likeness (QED) is 0.918. The Bertz CT molecular complexity index is 620. The van der Waals surface area contributed by atoms with Gasteiger partial charge in [0.15, 0.2) is 0 Å². The Morgan fingerprint density at radius 2 is 1.95 bits per heavy atom. The zero-order valence-corrected chi connectivity index (χ0v) is 10.9. The first kappa shape index (κ1) is 13.0. The van der Waals surface area contributed by atoms with Gasteiger partial charge in [-0.2, -0.15) is 5.26 Å². The molecule has 2 aromatic rings. The highest BCUT2D eigenvalue weighted by Crippen LogP contribution is 2.27. The summed E-state index contributed by atoms with van der Waals surface area (Å²) in [7, 11) is 3.74. The highest BCUT2D eigenvalue weighted by atomic mass is 19.1. The van der Waals surface area contributed by atoms with Gasteiger partial charge >= 0.3 is 0 Å². The van der Waals surface area contributed by atoms with Gasteiger partial charge in [-0.05, 0) is 23.8 Å². The molecule has 1 heterocycles. The second-order valence-corrected chi connectivity index (χ2v) is 4.53. The molecule has 0 unspecified atom stereocenters. The molecule has 4 nitrogen and oxygen atoms in total. The van der Waals surface area contributed by atoms with E-state index in [1.54, 1.807) is 18.2 Å². The van der Waals surface area contributed by atoms with Gasteiger partial charge in [0.25, 0.3) is 0 Å². The van der Waals surface area contributed by atoms with Crippen LogP contribution in [-0.2, 0) is 6.54 Å². The van der Waals surface area contributed by atoms with Crippen molar-refractivity contribution in [2.45, 2.75) is 6.54 Å². The molecule has 0 bridgehead atoms. The minimum absolute atomic E-state index is 0.274. The number of nitriles is 1. The highest BCUT2D eigenvalue weighted by molar-refractivity contribution is 5.67. The van der Waals surface area contributed by atoms with Crippen molar-refractivity contribution in [3.05, 3.63) is 47.4 Å². The van der Waals surface area contributed by atoms with E-state index in [-0.39, 0.29) is 5.82 Å². The normalized spacial score (nSPS) is 10.2. The van der Waals surface area contributed by atoms with Gasteiger partial charge in [-0.25, -0.2) is 4.39 Å². The minimum atomic E-state index is -0.274. The lowest BCUT2D eigenvalue weighted by molar-refractivity contribution is 0.626. The van der Waals surface area contributed by atoms with Crippen LogP contribution in [-0.4, -0.2) is 18.7 Å². The summed E-state index contributed by atoms with van der Waals surface area (Å²) in [6.07, 6.45) is 0. The third-order valence-corrected chi connectivity index (χ3v) is 2.89. The number of hydrogen-bond acceptors (Lipinski definition) is 3. The summed E-state index contributed by atoms with van der Waals surface area (Å²) < 4.78 is 14.7. The van der Waals surface area contributed by atoms with Crippen molar-refractivity contribution < 1.29 is 4.39 Å². The van der Waals surface area contributed by atoms with E-state index >= 15 is 0 Å². The Hall–Kier alpha value is -2.48. The molecule has 0 fully saturated rings. The van der Waals surface area contributed by atoms with Crippen molar-refractivity contribution in [1.29, 1.82) is 5.26 Å². The fourth-order valence-corrected chi connectivity index (χ4v) is 2.08. The molecular formula is C14H15FN4. The summed E-state index contributed by atoms with van der Waals surface area (Å²) in [6, 6.07) is 9.99. The summed E-state index contributed by atoms with van der Waals surface area (Å²) >= 11 is 0. The number of hydrogen-bond donors (Lipinski definition) is 1. The minimum Gasteiger partial charge on any atom is -0.396 e. The Labute approximate surface area is 111 Å². The first-order chi connectivity index (χ1) is 9.02. The largest absolute Gasteiger partial charge is 0.396 e. The summed E-state index contributed by atoms with van der Waals surface area (Å²) in [4.78, 5) is 1.86. The van der Waals surface area contributed by atoms with Crippen molar-refractivity contribution >= 4 is 11.5 Å². The second-order valence-electron chi connectivity index (χ2n) is 4.53. The molecule has 0 aliphatic rings. The van der Waals surface area contributed by atoms with Gasteiger partial charge in [-0.3, -0.25) is 0 Å². The average Bonchev–Trinajstić information content (AvgIpc) is 2.68. The molecule has 5 heteroatoms. The maximum Gasteiger partial charge on any atom is 0.133 e. The molecule has 19 heavy (non-hydrogen) atoms. The van der Waals surface area contributed by atoms with Gasteiger partial charge in [0.2, 0.25) is 0 Å². The van der Waals surface area contributed by atoms with Crippen LogP contribution in [0.3, 0.4) is 0 Å². The van der Waals surface area contributed by atoms with E-state index in [2.05, 4.69) is 6.07 Å². The Balaban J connectivity index is 2.44. The SMILES string of the molecule is CN(C)c1c(N)cc(C#N)n1Cc1ccc(F)cc1. The second kappa shape index (κ2) is 5.02. The van der Waals surface area contributed by atoms with E-state index in [0.29, 0.717) is 17.9 Å². The van der Waals surface area contributed by atoms with Crippen LogP contribution in [0.4, 0.5) is 15.9 Å². The van der Waals surface area contributed by atoms with Crippen LogP contribution in [0.1, 0.15) is 11.3 Å².